The van der Waals surface area contributed by atoms with Crippen molar-refractivity contribution in [1.82, 2.24) is 24.6 Å². The van der Waals surface area contributed by atoms with Crippen molar-refractivity contribution in [3.8, 4) is 10.9 Å². The first kappa shape index (κ1) is 23.0. The number of benzene rings is 1. The summed E-state index contributed by atoms with van der Waals surface area (Å²) in [5.74, 6) is 2.23. The number of aromatic nitrogens is 5. The Morgan fingerprint density at radius 1 is 1.22 bits per heavy atom. The summed E-state index contributed by atoms with van der Waals surface area (Å²) < 4.78 is 13.6. The van der Waals surface area contributed by atoms with Crippen molar-refractivity contribution in [2.75, 3.05) is 31.7 Å². The number of allylic oxidation sites excluding steroid dienone is 1. The first-order valence-electron chi connectivity index (χ1n) is 12.5. The maximum Gasteiger partial charge on any atom is 0.294 e. The van der Waals surface area contributed by atoms with Gasteiger partial charge in [-0.3, -0.25) is 0 Å². The Kier molecular flexibility index (Phi) is 6.13. The van der Waals surface area contributed by atoms with Crippen molar-refractivity contribution >= 4 is 47.2 Å². The Bertz CT molecular complexity index is 1400. The lowest BCUT2D eigenvalue weighted by atomic mass is 9.98. The van der Waals surface area contributed by atoms with Gasteiger partial charge in [0, 0.05) is 43.4 Å². The summed E-state index contributed by atoms with van der Waals surface area (Å²) >= 11 is 1.45. The second kappa shape index (κ2) is 9.57. The Hall–Kier alpha value is -3.40. The number of rotatable bonds is 7. The molecule has 36 heavy (non-hydrogen) atoms. The van der Waals surface area contributed by atoms with Gasteiger partial charge < -0.3 is 14.4 Å². The van der Waals surface area contributed by atoms with Crippen molar-refractivity contribution in [2.45, 2.75) is 32.6 Å². The maximum atomic E-state index is 6.53. The number of hydrogen-bond donors (Lipinski definition) is 0. The third kappa shape index (κ3) is 4.45. The molecule has 8 nitrogen and oxygen atoms in total. The number of aryl methyl sites for hydroxylation is 1. The number of fused-ring (bicyclic) bond motifs is 2. The molecule has 184 valence electrons. The third-order valence-electron chi connectivity index (χ3n) is 6.97. The van der Waals surface area contributed by atoms with Crippen LogP contribution in [0.3, 0.4) is 0 Å². The maximum absolute atomic E-state index is 6.53. The fourth-order valence-electron chi connectivity index (χ4n) is 5.03. The molecule has 1 aliphatic heterocycles. The molecule has 3 aromatic heterocycles. The van der Waals surface area contributed by atoms with E-state index in [1.54, 1.807) is 11.6 Å². The molecule has 1 atom stereocenters. The fourth-order valence-corrected chi connectivity index (χ4v) is 5.73. The van der Waals surface area contributed by atoms with E-state index in [0.717, 1.165) is 66.6 Å². The summed E-state index contributed by atoms with van der Waals surface area (Å²) in [7, 11) is 3.65. The van der Waals surface area contributed by atoms with E-state index in [2.05, 4.69) is 45.1 Å². The van der Waals surface area contributed by atoms with Crippen LogP contribution in [-0.2, 0) is 12.8 Å². The van der Waals surface area contributed by atoms with Crippen molar-refractivity contribution in [1.29, 1.82) is 0 Å². The van der Waals surface area contributed by atoms with Gasteiger partial charge in [-0.2, -0.15) is 0 Å². The standard InChI is InChI=1S/C26H29BN6O2S/c1-3-16-7-18-9-19(22-14-33-25(30-22)36-26(31-33)34-2)10-21(18)23(8-16)35-15-17-5-4-6-32(13-17)24-28-11-20(27)12-29-24/h7-8,10-12,14,17H,3-6,9,13,15,27H2,1-2H3. The second-order valence-corrected chi connectivity index (χ2v) is 10.5. The number of nitrogens with zero attached hydrogens (tertiary/aromatic N) is 6. The topological polar surface area (TPSA) is 77.7 Å². The van der Waals surface area contributed by atoms with Crippen LogP contribution in [-0.4, -0.2) is 59.2 Å². The second-order valence-electron chi connectivity index (χ2n) is 9.62. The minimum atomic E-state index is 0.440. The average molecular weight is 500 g/mol. The largest absolute Gasteiger partial charge is 0.493 e. The van der Waals surface area contributed by atoms with Crippen LogP contribution >= 0.6 is 11.3 Å². The predicted molar refractivity (Wildman–Crippen MR) is 145 cm³/mol. The lowest BCUT2D eigenvalue weighted by Gasteiger charge is -2.32. The van der Waals surface area contributed by atoms with E-state index < -0.39 is 0 Å². The van der Waals surface area contributed by atoms with Crippen LogP contribution in [0.15, 0.2) is 30.7 Å². The normalized spacial score (nSPS) is 17.3. The van der Waals surface area contributed by atoms with Gasteiger partial charge in [-0.05, 0) is 59.4 Å². The molecule has 1 aliphatic carbocycles. The quantitative estimate of drug-likeness (QED) is 0.361. The summed E-state index contributed by atoms with van der Waals surface area (Å²) in [4.78, 5) is 17.0. The molecular formula is C26H29BN6O2S. The van der Waals surface area contributed by atoms with Crippen LogP contribution in [0.5, 0.6) is 10.9 Å². The number of hydrogen-bond acceptors (Lipinski definition) is 8. The minimum absolute atomic E-state index is 0.440. The summed E-state index contributed by atoms with van der Waals surface area (Å²) in [5.41, 5.74) is 7.02. The van der Waals surface area contributed by atoms with Crippen molar-refractivity contribution in [3.63, 3.8) is 0 Å². The van der Waals surface area contributed by atoms with E-state index in [9.17, 15) is 0 Å². The molecule has 6 rings (SSSR count). The number of methoxy groups -OCH3 is 1. The van der Waals surface area contributed by atoms with Gasteiger partial charge in [0.15, 0.2) is 0 Å². The molecule has 10 heteroatoms. The van der Waals surface area contributed by atoms with Gasteiger partial charge in [-0.1, -0.05) is 18.5 Å². The molecule has 0 saturated carbocycles. The van der Waals surface area contributed by atoms with E-state index >= 15 is 0 Å². The molecule has 0 radical (unpaired) electrons. The van der Waals surface area contributed by atoms with Gasteiger partial charge >= 0.3 is 0 Å². The first-order chi connectivity index (χ1) is 17.6. The highest BCUT2D eigenvalue weighted by Crippen LogP contribution is 2.38. The summed E-state index contributed by atoms with van der Waals surface area (Å²) in [5, 5.41) is 5.03. The fraction of sp³-hybridized carbons (Fsp3) is 0.385. The highest BCUT2D eigenvalue weighted by atomic mass is 32.1. The van der Waals surface area contributed by atoms with Gasteiger partial charge in [-0.25, -0.2) is 19.5 Å². The highest BCUT2D eigenvalue weighted by molar-refractivity contribution is 7.18. The lowest BCUT2D eigenvalue weighted by molar-refractivity contribution is 0.227. The van der Waals surface area contributed by atoms with Gasteiger partial charge in [0.2, 0.25) is 10.9 Å². The molecule has 2 aliphatic rings. The van der Waals surface area contributed by atoms with E-state index in [1.807, 2.05) is 26.4 Å². The summed E-state index contributed by atoms with van der Waals surface area (Å²) in [6, 6.07) is 4.52. The van der Waals surface area contributed by atoms with E-state index in [4.69, 9.17) is 14.5 Å². The van der Waals surface area contributed by atoms with Crippen molar-refractivity contribution < 1.29 is 9.47 Å². The molecule has 4 aromatic rings. The molecule has 0 N–H and O–H groups in total. The SMILES string of the molecule is Bc1cnc(N2CCCC(COc3cc(CC)cc4c3C=C(c3cn5nc(OC)sc5n3)C4)C2)nc1. The smallest absolute Gasteiger partial charge is 0.294 e. The van der Waals surface area contributed by atoms with Gasteiger partial charge in [0.25, 0.3) is 5.19 Å². The Labute approximate surface area is 215 Å². The summed E-state index contributed by atoms with van der Waals surface area (Å²) in [6.07, 6.45) is 12.1. The Morgan fingerprint density at radius 3 is 2.86 bits per heavy atom. The van der Waals surface area contributed by atoms with E-state index in [0.29, 0.717) is 17.7 Å². The minimum Gasteiger partial charge on any atom is -0.493 e. The third-order valence-corrected chi connectivity index (χ3v) is 7.85. The number of anilines is 1. The number of piperidine rings is 1. The van der Waals surface area contributed by atoms with E-state index in [1.165, 1.54) is 33.6 Å². The number of imidazole rings is 1. The zero-order valence-electron chi connectivity index (χ0n) is 20.9. The van der Waals surface area contributed by atoms with Crippen LogP contribution in [0, 0.1) is 5.92 Å². The molecule has 4 heterocycles. The van der Waals surface area contributed by atoms with Crippen molar-refractivity contribution in [3.05, 3.63) is 53.1 Å². The zero-order valence-corrected chi connectivity index (χ0v) is 21.7. The Balaban J connectivity index is 1.20. The lowest BCUT2D eigenvalue weighted by Crippen LogP contribution is -2.39. The molecule has 0 spiro atoms. The average Bonchev–Trinajstić information content (AvgIpc) is 3.60. The molecule has 1 saturated heterocycles. The molecule has 0 amide bonds. The summed E-state index contributed by atoms with van der Waals surface area (Å²) in [6.45, 7) is 4.80. The van der Waals surface area contributed by atoms with Crippen LogP contribution < -0.4 is 19.8 Å². The van der Waals surface area contributed by atoms with E-state index in [-0.39, 0.29) is 0 Å². The van der Waals surface area contributed by atoms with Crippen LogP contribution in [0.2, 0.25) is 0 Å². The molecule has 1 unspecified atom stereocenters. The first-order valence-corrected chi connectivity index (χ1v) is 13.3. The van der Waals surface area contributed by atoms with Crippen LogP contribution in [0.4, 0.5) is 5.95 Å². The molecule has 0 bridgehead atoms. The molecular weight excluding hydrogens is 471 g/mol. The van der Waals surface area contributed by atoms with Crippen molar-refractivity contribution in [2.24, 2.45) is 5.92 Å². The Morgan fingerprint density at radius 2 is 2.08 bits per heavy atom. The predicted octanol–water partition coefficient (Wildman–Crippen LogP) is 2.80. The zero-order chi connectivity index (χ0) is 24.6. The van der Waals surface area contributed by atoms with Gasteiger partial charge in [0.05, 0.1) is 25.6 Å². The van der Waals surface area contributed by atoms with Gasteiger partial charge in [-0.15, -0.1) is 5.10 Å². The number of ether oxygens (including phenoxy) is 2. The molecule has 1 fully saturated rings. The van der Waals surface area contributed by atoms with Crippen LogP contribution in [0.25, 0.3) is 16.6 Å². The van der Waals surface area contributed by atoms with Crippen LogP contribution in [0.1, 0.15) is 42.1 Å². The highest BCUT2D eigenvalue weighted by Gasteiger charge is 2.25. The monoisotopic (exact) mass is 500 g/mol. The van der Waals surface area contributed by atoms with Gasteiger partial charge in [0.1, 0.15) is 13.6 Å². The molecule has 1 aromatic carbocycles.